The molecule has 1 heterocycles. The van der Waals surface area contributed by atoms with Gasteiger partial charge < -0.3 is 10.2 Å². The lowest BCUT2D eigenvalue weighted by molar-refractivity contribution is -0.136. The fraction of sp³-hybridized carbons (Fsp3) is 0.188. The summed E-state index contributed by atoms with van der Waals surface area (Å²) in [5.41, 5.74) is 0.311. The highest BCUT2D eigenvalue weighted by Gasteiger charge is 2.16. The van der Waals surface area contributed by atoms with E-state index < -0.39 is 24.4 Å². The van der Waals surface area contributed by atoms with Crippen molar-refractivity contribution in [3.8, 4) is 16.9 Å². The van der Waals surface area contributed by atoms with Crippen LogP contribution in [0.3, 0.4) is 0 Å². The van der Waals surface area contributed by atoms with Crippen LogP contribution in [0, 0.1) is 6.85 Å². The van der Waals surface area contributed by atoms with Crippen LogP contribution in [-0.2, 0) is 4.79 Å². The minimum Gasteiger partial charge on any atom is -0.506 e. The largest absolute Gasteiger partial charge is 0.506 e. The van der Waals surface area contributed by atoms with Crippen LogP contribution in [0.1, 0.15) is 33.0 Å². The first kappa shape index (κ1) is 12.2. The van der Waals surface area contributed by atoms with Crippen molar-refractivity contribution < 1.29 is 23.9 Å². The molecular formula is C16H14ClNO4. The van der Waals surface area contributed by atoms with Crippen LogP contribution < -0.4 is 0 Å². The average Bonchev–Trinajstić information content (AvgIpc) is 2.51. The Morgan fingerprint density at radius 3 is 2.73 bits per heavy atom. The summed E-state index contributed by atoms with van der Waals surface area (Å²) in [6.07, 6.45) is 0.570. The molecule has 2 N–H and O–H groups in total. The van der Waals surface area contributed by atoms with E-state index in [9.17, 15) is 14.7 Å². The molecule has 1 aromatic heterocycles. The van der Waals surface area contributed by atoms with Crippen molar-refractivity contribution in [2.24, 2.45) is 0 Å². The van der Waals surface area contributed by atoms with Crippen LogP contribution in [0.2, 0.25) is 5.02 Å². The van der Waals surface area contributed by atoms with Crippen LogP contribution in [0.4, 0.5) is 0 Å². The van der Waals surface area contributed by atoms with E-state index in [2.05, 4.69) is 4.98 Å². The number of pyridine rings is 1. The molecule has 0 amide bonds. The van der Waals surface area contributed by atoms with Crippen molar-refractivity contribution in [2.45, 2.75) is 19.7 Å². The van der Waals surface area contributed by atoms with E-state index >= 15 is 0 Å². The highest BCUT2D eigenvalue weighted by Crippen LogP contribution is 2.29. The van der Waals surface area contributed by atoms with Crippen molar-refractivity contribution in [3.05, 3.63) is 46.7 Å². The molecule has 114 valence electrons. The molecule has 0 saturated heterocycles. The Morgan fingerprint density at radius 1 is 1.32 bits per heavy atom. The lowest BCUT2D eigenvalue weighted by atomic mass is 10.0. The Balaban J connectivity index is 2.43. The van der Waals surface area contributed by atoms with Gasteiger partial charge in [-0.25, -0.2) is 4.98 Å². The maximum absolute atomic E-state index is 11.9. The number of benzene rings is 1. The van der Waals surface area contributed by atoms with Gasteiger partial charge in [0.05, 0.1) is 6.42 Å². The summed E-state index contributed by atoms with van der Waals surface area (Å²) in [6.45, 7) is -2.40. The molecule has 0 unspecified atom stereocenters. The number of carboxylic acid groups (broad SMARTS) is 1. The van der Waals surface area contributed by atoms with E-state index in [1.165, 1.54) is 30.5 Å². The summed E-state index contributed by atoms with van der Waals surface area (Å²) in [5.74, 6) is -2.20. The van der Waals surface area contributed by atoms with E-state index in [4.69, 9.17) is 20.8 Å². The molecule has 0 atom stereocenters. The van der Waals surface area contributed by atoms with Gasteiger partial charge in [0.1, 0.15) is 11.4 Å². The molecule has 2 rings (SSSR count). The molecule has 0 bridgehead atoms. The van der Waals surface area contributed by atoms with Crippen LogP contribution in [0.5, 0.6) is 5.75 Å². The number of Topliss-reactive ketones (excluding diaryl/α,β-unsaturated/α-hetero) is 1. The predicted octanol–water partition coefficient (Wildman–Crippen LogP) is 3.46. The monoisotopic (exact) mass is 322 g/mol. The number of hydrogen-bond acceptors (Lipinski definition) is 4. The highest BCUT2D eigenvalue weighted by molar-refractivity contribution is 6.30. The van der Waals surface area contributed by atoms with Gasteiger partial charge in [-0.15, -0.1) is 0 Å². The van der Waals surface area contributed by atoms with Crippen molar-refractivity contribution in [1.29, 1.82) is 0 Å². The molecule has 0 fully saturated rings. The zero-order valence-electron chi connectivity index (χ0n) is 14.3. The van der Waals surface area contributed by atoms with Gasteiger partial charge in [-0.05, 0) is 36.2 Å². The Kier molecular flexibility index (Phi) is 3.64. The zero-order valence-corrected chi connectivity index (χ0v) is 12.1. The minimum absolute atomic E-state index is 0.0306. The summed E-state index contributed by atoms with van der Waals surface area (Å²) in [5, 5.41) is 19.0. The fourth-order valence-corrected chi connectivity index (χ4v) is 2.08. The summed E-state index contributed by atoms with van der Waals surface area (Å²) in [6, 6.07) is 5.46. The van der Waals surface area contributed by atoms with Crippen molar-refractivity contribution in [3.63, 3.8) is 0 Å². The standard InChI is InChI=1S/C16H14ClNO4/c1-9-2-3-11(17)7-12(9)10-6-14(20)16(18-8-10)13(19)4-5-15(21)22/h2-3,6-8,20H,4-5H2,1H3,(H,21,22)/i1D3. The highest BCUT2D eigenvalue weighted by atomic mass is 35.5. The summed E-state index contributed by atoms with van der Waals surface area (Å²) in [4.78, 5) is 26.3. The van der Waals surface area contributed by atoms with Gasteiger partial charge in [-0.3, -0.25) is 9.59 Å². The number of carboxylic acids is 1. The molecule has 0 spiro atoms. The maximum Gasteiger partial charge on any atom is 0.303 e. The van der Waals surface area contributed by atoms with E-state index in [0.29, 0.717) is 5.02 Å². The number of hydrogen-bond donors (Lipinski definition) is 2. The molecular weight excluding hydrogens is 306 g/mol. The number of nitrogens with zero attached hydrogens (tertiary/aromatic N) is 1. The SMILES string of the molecule is [2H]C([2H])([2H])c1ccc(Cl)cc1-c1cnc(C(=O)CCC(=O)O)c(O)c1. The van der Waals surface area contributed by atoms with Crippen molar-refractivity contribution in [1.82, 2.24) is 4.98 Å². The molecule has 0 aliphatic heterocycles. The number of aryl methyl sites for hydroxylation is 1. The van der Waals surface area contributed by atoms with Gasteiger partial charge >= 0.3 is 5.97 Å². The molecule has 22 heavy (non-hydrogen) atoms. The average molecular weight is 323 g/mol. The normalized spacial score (nSPS) is 13.0. The molecule has 5 nitrogen and oxygen atoms in total. The van der Waals surface area contributed by atoms with E-state index in [0.717, 1.165) is 0 Å². The number of rotatable bonds is 5. The smallest absolute Gasteiger partial charge is 0.303 e. The van der Waals surface area contributed by atoms with Gasteiger partial charge in [0.15, 0.2) is 5.78 Å². The first-order chi connectivity index (χ1) is 11.6. The van der Waals surface area contributed by atoms with Crippen LogP contribution in [0.15, 0.2) is 30.5 Å². The number of aromatic hydroxyl groups is 1. The number of halogens is 1. The zero-order chi connectivity index (χ0) is 18.8. The van der Waals surface area contributed by atoms with Crippen LogP contribution in [-0.4, -0.2) is 26.9 Å². The third-order valence-electron chi connectivity index (χ3n) is 2.99. The first-order valence-corrected chi connectivity index (χ1v) is 6.72. The van der Waals surface area contributed by atoms with Crippen molar-refractivity contribution >= 4 is 23.4 Å². The lowest BCUT2D eigenvalue weighted by Gasteiger charge is -2.09. The van der Waals surface area contributed by atoms with Gasteiger partial charge in [0.25, 0.3) is 0 Å². The second-order valence-corrected chi connectivity index (χ2v) is 5.03. The Hall–Kier alpha value is -2.40. The van der Waals surface area contributed by atoms with Crippen molar-refractivity contribution in [2.75, 3.05) is 0 Å². The molecule has 6 heteroatoms. The van der Waals surface area contributed by atoms with Gasteiger partial charge in [-0.2, -0.15) is 0 Å². The van der Waals surface area contributed by atoms with Gasteiger partial charge in [0.2, 0.25) is 0 Å². The number of carbonyl (C=O) groups excluding carboxylic acids is 1. The number of aromatic nitrogens is 1. The fourth-order valence-electron chi connectivity index (χ4n) is 1.91. The lowest BCUT2D eigenvalue weighted by Crippen LogP contribution is -2.06. The third kappa shape index (κ3) is 3.62. The quantitative estimate of drug-likeness (QED) is 0.823. The van der Waals surface area contributed by atoms with Crippen LogP contribution in [0.25, 0.3) is 11.1 Å². The molecule has 0 saturated carbocycles. The molecule has 2 aromatic rings. The van der Waals surface area contributed by atoms with E-state index in [-0.39, 0.29) is 35.2 Å². The van der Waals surface area contributed by atoms with E-state index in [1.807, 2.05) is 0 Å². The van der Waals surface area contributed by atoms with Gasteiger partial charge in [-0.1, -0.05) is 17.7 Å². The summed E-state index contributed by atoms with van der Waals surface area (Å²) in [7, 11) is 0. The minimum atomic E-state index is -2.40. The summed E-state index contributed by atoms with van der Waals surface area (Å²) < 4.78 is 22.8. The predicted molar refractivity (Wildman–Crippen MR) is 82.3 cm³/mol. The first-order valence-electron chi connectivity index (χ1n) is 7.84. The second kappa shape index (κ2) is 6.58. The molecule has 0 radical (unpaired) electrons. The van der Waals surface area contributed by atoms with Gasteiger partial charge in [0, 0.05) is 27.3 Å². The van der Waals surface area contributed by atoms with E-state index in [1.54, 1.807) is 0 Å². The number of ketones is 1. The molecule has 0 aliphatic rings. The maximum atomic E-state index is 11.9. The molecule has 1 aromatic carbocycles. The number of carbonyl (C=O) groups is 2. The second-order valence-electron chi connectivity index (χ2n) is 4.60. The van der Waals surface area contributed by atoms with Crippen LogP contribution >= 0.6 is 11.6 Å². The topological polar surface area (TPSA) is 87.5 Å². The number of aliphatic carboxylic acids is 1. The Labute approximate surface area is 136 Å². The third-order valence-corrected chi connectivity index (χ3v) is 3.23. The Bertz CT molecular complexity index is 837. The molecule has 0 aliphatic carbocycles. The Morgan fingerprint density at radius 2 is 2.09 bits per heavy atom. The summed E-state index contributed by atoms with van der Waals surface area (Å²) >= 11 is 5.93.